The summed E-state index contributed by atoms with van der Waals surface area (Å²) in [5.74, 6) is 0.554. The molecule has 4 nitrogen and oxygen atoms in total. The van der Waals surface area contributed by atoms with Gasteiger partial charge in [0, 0.05) is 25.2 Å². The second-order valence-corrected chi connectivity index (χ2v) is 5.93. The standard InChI is InChI=1S/C16H27FN4.HI/c1-5-18-15(19-10-11-21-16(2,3)4)20-12-13-6-8-14(17)9-7-13;/h6-9,21H,5,10-12H2,1-4H3,(H2,18,19,20);1H. The lowest BCUT2D eigenvalue weighted by Crippen LogP contribution is -2.44. The Hall–Kier alpha value is -0.890. The molecule has 0 fully saturated rings. The van der Waals surface area contributed by atoms with Crippen molar-refractivity contribution in [1.82, 2.24) is 16.0 Å². The number of guanidine groups is 1. The van der Waals surface area contributed by atoms with E-state index in [1.165, 1.54) is 12.1 Å². The molecule has 0 saturated carbocycles. The van der Waals surface area contributed by atoms with Crippen LogP contribution in [0.15, 0.2) is 29.3 Å². The van der Waals surface area contributed by atoms with E-state index in [4.69, 9.17) is 0 Å². The average molecular weight is 422 g/mol. The molecular weight excluding hydrogens is 394 g/mol. The molecule has 6 heteroatoms. The fourth-order valence-electron chi connectivity index (χ4n) is 1.72. The maximum Gasteiger partial charge on any atom is 0.191 e. The average Bonchev–Trinajstić information content (AvgIpc) is 2.41. The molecule has 22 heavy (non-hydrogen) atoms. The summed E-state index contributed by atoms with van der Waals surface area (Å²) in [4.78, 5) is 4.49. The Balaban J connectivity index is 0.00000441. The Morgan fingerprint density at radius 2 is 1.73 bits per heavy atom. The third-order valence-electron chi connectivity index (χ3n) is 2.75. The molecule has 0 aromatic heterocycles. The lowest BCUT2D eigenvalue weighted by Gasteiger charge is -2.21. The number of hydrogen-bond donors (Lipinski definition) is 3. The van der Waals surface area contributed by atoms with E-state index in [9.17, 15) is 4.39 Å². The van der Waals surface area contributed by atoms with Crippen molar-refractivity contribution < 1.29 is 4.39 Å². The third-order valence-corrected chi connectivity index (χ3v) is 2.75. The first kappa shape index (κ1) is 21.1. The van der Waals surface area contributed by atoms with Crippen LogP contribution in [-0.2, 0) is 6.54 Å². The number of rotatable bonds is 6. The van der Waals surface area contributed by atoms with Crippen LogP contribution in [0.5, 0.6) is 0 Å². The van der Waals surface area contributed by atoms with Crippen LogP contribution in [0.2, 0.25) is 0 Å². The van der Waals surface area contributed by atoms with Gasteiger partial charge in [0.15, 0.2) is 5.96 Å². The Kier molecular flexibility index (Phi) is 10.3. The predicted octanol–water partition coefficient (Wildman–Crippen LogP) is 2.89. The van der Waals surface area contributed by atoms with Crippen molar-refractivity contribution in [3.8, 4) is 0 Å². The minimum absolute atomic E-state index is 0. The summed E-state index contributed by atoms with van der Waals surface area (Å²) >= 11 is 0. The minimum atomic E-state index is -0.221. The van der Waals surface area contributed by atoms with Crippen LogP contribution < -0.4 is 16.0 Å². The van der Waals surface area contributed by atoms with Crippen molar-refractivity contribution in [3.05, 3.63) is 35.6 Å². The van der Waals surface area contributed by atoms with Gasteiger partial charge in [0.05, 0.1) is 6.54 Å². The monoisotopic (exact) mass is 422 g/mol. The van der Waals surface area contributed by atoms with Gasteiger partial charge >= 0.3 is 0 Å². The smallest absolute Gasteiger partial charge is 0.191 e. The van der Waals surface area contributed by atoms with E-state index in [2.05, 4.69) is 41.7 Å². The number of benzene rings is 1. The molecule has 1 aromatic rings. The number of halogens is 2. The summed E-state index contributed by atoms with van der Waals surface area (Å²) in [6, 6.07) is 6.42. The van der Waals surface area contributed by atoms with Gasteiger partial charge in [-0.2, -0.15) is 0 Å². The maximum absolute atomic E-state index is 12.8. The van der Waals surface area contributed by atoms with Crippen LogP contribution in [-0.4, -0.2) is 31.1 Å². The molecule has 0 spiro atoms. The summed E-state index contributed by atoms with van der Waals surface area (Å²) in [6.07, 6.45) is 0. The van der Waals surface area contributed by atoms with Crippen LogP contribution in [0.25, 0.3) is 0 Å². The van der Waals surface area contributed by atoms with Crippen molar-refractivity contribution in [2.75, 3.05) is 19.6 Å². The second-order valence-electron chi connectivity index (χ2n) is 5.93. The number of aliphatic imine (C=N–C) groups is 1. The Morgan fingerprint density at radius 3 is 2.27 bits per heavy atom. The predicted molar refractivity (Wildman–Crippen MR) is 102 cm³/mol. The van der Waals surface area contributed by atoms with Crippen LogP contribution in [0, 0.1) is 5.82 Å². The number of nitrogens with zero attached hydrogens (tertiary/aromatic N) is 1. The highest BCUT2D eigenvalue weighted by molar-refractivity contribution is 14.0. The van der Waals surface area contributed by atoms with Crippen LogP contribution >= 0.6 is 24.0 Å². The van der Waals surface area contributed by atoms with Gasteiger partial charge in [-0.25, -0.2) is 9.38 Å². The molecule has 0 saturated heterocycles. The van der Waals surface area contributed by atoms with Gasteiger partial charge in [-0.1, -0.05) is 12.1 Å². The van der Waals surface area contributed by atoms with E-state index in [1.807, 2.05) is 6.92 Å². The zero-order chi connectivity index (χ0) is 15.7. The molecule has 0 unspecified atom stereocenters. The minimum Gasteiger partial charge on any atom is -0.357 e. The van der Waals surface area contributed by atoms with Crippen LogP contribution in [0.1, 0.15) is 33.3 Å². The lowest BCUT2D eigenvalue weighted by molar-refractivity contribution is 0.428. The molecule has 0 aliphatic rings. The fourth-order valence-corrected chi connectivity index (χ4v) is 1.72. The quantitative estimate of drug-likeness (QED) is 0.286. The maximum atomic E-state index is 12.8. The van der Waals surface area contributed by atoms with Gasteiger partial charge < -0.3 is 16.0 Å². The SMILES string of the molecule is CCNC(=NCc1ccc(F)cc1)NCCNC(C)(C)C.I. The molecule has 0 heterocycles. The Morgan fingerprint density at radius 1 is 1.09 bits per heavy atom. The zero-order valence-electron chi connectivity index (χ0n) is 13.9. The van der Waals surface area contributed by atoms with Gasteiger partial charge in [0.25, 0.3) is 0 Å². The van der Waals surface area contributed by atoms with Gasteiger partial charge in [0.1, 0.15) is 5.82 Å². The van der Waals surface area contributed by atoms with E-state index in [0.717, 1.165) is 31.2 Å². The zero-order valence-corrected chi connectivity index (χ0v) is 16.2. The first-order chi connectivity index (χ1) is 9.90. The molecular formula is C16H28FIN4. The molecule has 126 valence electrons. The molecule has 0 atom stereocenters. The molecule has 1 rings (SSSR count). The van der Waals surface area contributed by atoms with Crippen molar-refractivity contribution in [1.29, 1.82) is 0 Å². The molecule has 0 bridgehead atoms. The van der Waals surface area contributed by atoms with Gasteiger partial charge in [-0.15, -0.1) is 24.0 Å². The summed E-state index contributed by atoms with van der Waals surface area (Å²) in [7, 11) is 0. The van der Waals surface area contributed by atoms with Gasteiger partial charge in [0.2, 0.25) is 0 Å². The van der Waals surface area contributed by atoms with Crippen LogP contribution in [0.3, 0.4) is 0 Å². The van der Waals surface area contributed by atoms with Gasteiger partial charge in [-0.3, -0.25) is 0 Å². The topological polar surface area (TPSA) is 48.5 Å². The van der Waals surface area contributed by atoms with Crippen molar-refractivity contribution in [2.24, 2.45) is 4.99 Å². The summed E-state index contributed by atoms with van der Waals surface area (Å²) in [6.45, 7) is 11.5. The van der Waals surface area contributed by atoms with Crippen molar-refractivity contribution in [2.45, 2.75) is 39.8 Å². The van der Waals surface area contributed by atoms with Crippen LogP contribution in [0.4, 0.5) is 4.39 Å². The van der Waals surface area contributed by atoms with E-state index in [0.29, 0.717) is 6.54 Å². The normalized spacial score (nSPS) is 11.8. The van der Waals surface area contributed by atoms with Crippen molar-refractivity contribution in [3.63, 3.8) is 0 Å². The largest absolute Gasteiger partial charge is 0.357 e. The van der Waals surface area contributed by atoms with E-state index < -0.39 is 0 Å². The lowest BCUT2D eigenvalue weighted by atomic mass is 10.1. The number of nitrogens with one attached hydrogen (secondary N) is 3. The summed E-state index contributed by atoms with van der Waals surface area (Å²) in [5.41, 5.74) is 1.10. The Labute approximate surface area is 150 Å². The summed E-state index contributed by atoms with van der Waals surface area (Å²) < 4.78 is 12.8. The van der Waals surface area contributed by atoms with E-state index in [1.54, 1.807) is 12.1 Å². The van der Waals surface area contributed by atoms with E-state index in [-0.39, 0.29) is 35.3 Å². The van der Waals surface area contributed by atoms with E-state index >= 15 is 0 Å². The molecule has 0 radical (unpaired) electrons. The highest BCUT2D eigenvalue weighted by Crippen LogP contribution is 2.03. The second kappa shape index (κ2) is 10.8. The molecule has 0 aliphatic carbocycles. The first-order valence-corrected chi connectivity index (χ1v) is 7.42. The highest BCUT2D eigenvalue weighted by Gasteiger charge is 2.07. The first-order valence-electron chi connectivity index (χ1n) is 7.42. The molecule has 0 amide bonds. The van der Waals surface area contributed by atoms with Gasteiger partial charge in [-0.05, 0) is 45.4 Å². The number of hydrogen-bond acceptors (Lipinski definition) is 2. The molecule has 0 aliphatic heterocycles. The van der Waals surface area contributed by atoms with Crippen molar-refractivity contribution >= 4 is 29.9 Å². The Bertz CT molecular complexity index is 440. The fraction of sp³-hybridized carbons (Fsp3) is 0.562. The third kappa shape index (κ3) is 9.94. The highest BCUT2D eigenvalue weighted by atomic mass is 127. The molecule has 3 N–H and O–H groups in total. The summed E-state index contributed by atoms with van der Waals surface area (Å²) in [5, 5.41) is 9.89. The molecule has 1 aromatic carbocycles.